The van der Waals surface area contributed by atoms with Gasteiger partial charge in [-0.15, -0.1) is 0 Å². The molecule has 3 aromatic rings. The topological polar surface area (TPSA) is 186 Å². The fourth-order valence-electron chi connectivity index (χ4n) is 3.02. The van der Waals surface area contributed by atoms with Crippen LogP contribution in [-0.4, -0.2) is 82.5 Å². The van der Waals surface area contributed by atoms with Crippen molar-refractivity contribution < 1.29 is 24.9 Å². The summed E-state index contributed by atoms with van der Waals surface area (Å²) in [7, 11) is 1.50. The third kappa shape index (κ3) is 2.77. The number of hydrogen-bond donors (Lipinski definition) is 5. The van der Waals surface area contributed by atoms with E-state index in [-0.39, 0.29) is 28.8 Å². The number of carbonyl (C=O) groups is 1. The van der Waals surface area contributed by atoms with E-state index in [0.717, 1.165) is 0 Å². The van der Waals surface area contributed by atoms with Crippen LogP contribution in [0.25, 0.3) is 17.1 Å². The number of nitrogens with two attached hydrogens (primary N) is 1. The molecule has 0 aliphatic carbocycles. The zero-order valence-electron chi connectivity index (χ0n) is 14.7. The van der Waals surface area contributed by atoms with Crippen molar-refractivity contribution in [1.82, 2.24) is 34.6 Å². The molecule has 28 heavy (non-hydrogen) atoms. The van der Waals surface area contributed by atoms with Crippen LogP contribution in [0.3, 0.4) is 0 Å². The first-order valence-electron chi connectivity index (χ1n) is 8.34. The molecule has 6 N–H and O–H groups in total. The molecule has 1 aliphatic rings. The fraction of sp³-hybridized carbons (Fsp3) is 0.400. The quantitative estimate of drug-likeness (QED) is 0.320. The van der Waals surface area contributed by atoms with Crippen molar-refractivity contribution in [3.05, 3.63) is 24.3 Å². The summed E-state index contributed by atoms with van der Waals surface area (Å²) >= 11 is 0. The van der Waals surface area contributed by atoms with Gasteiger partial charge in [0.05, 0.1) is 24.7 Å². The molecule has 13 nitrogen and oxygen atoms in total. The van der Waals surface area contributed by atoms with Crippen LogP contribution in [0, 0.1) is 0 Å². The molecule has 4 rings (SSSR count). The van der Waals surface area contributed by atoms with Gasteiger partial charge in [-0.2, -0.15) is 15.1 Å². The zero-order chi connectivity index (χ0) is 20.0. The summed E-state index contributed by atoms with van der Waals surface area (Å²) in [6.45, 7) is -0.459. The molecule has 0 saturated carbocycles. The van der Waals surface area contributed by atoms with Gasteiger partial charge in [0.2, 0.25) is 0 Å². The molecule has 148 valence electrons. The smallest absolute Gasteiger partial charge is 0.254 e. The van der Waals surface area contributed by atoms with Crippen LogP contribution in [0.2, 0.25) is 0 Å². The molecule has 1 unspecified atom stereocenters. The summed E-state index contributed by atoms with van der Waals surface area (Å²) in [5.41, 5.74) is 6.78. The minimum atomic E-state index is -1.31. The monoisotopic (exact) mass is 390 g/mol. The predicted molar refractivity (Wildman–Crippen MR) is 93.3 cm³/mol. The number of anilines is 1. The van der Waals surface area contributed by atoms with E-state index in [1.54, 1.807) is 0 Å². The van der Waals surface area contributed by atoms with Gasteiger partial charge in [0.1, 0.15) is 23.8 Å². The number of aliphatic hydroxyl groups is 3. The molecule has 0 spiro atoms. The molecule has 0 radical (unpaired) electrons. The third-order valence-electron chi connectivity index (χ3n) is 4.50. The number of amides is 1. The van der Waals surface area contributed by atoms with E-state index in [2.05, 4.69) is 25.4 Å². The van der Waals surface area contributed by atoms with E-state index < -0.39 is 31.1 Å². The summed E-state index contributed by atoms with van der Waals surface area (Å²) < 4.78 is 8.18. The highest BCUT2D eigenvalue weighted by Gasteiger charge is 2.44. The van der Waals surface area contributed by atoms with Crippen molar-refractivity contribution in [1.29, 1.82) is 0 Å². The standard InChI is InChI=1S/C15H18N8O5/c1-17-13(27)6-2-19-23(3-6)15-20-11(16)8-12(21-15)22(5-18-8)14-10(26)9(25)7(4-24)28-14/h2-3,5,7,9-10,14,24-26H,4H2,1H3,(H,17,27)(H2,16,20,21)/t7-,9-,10-,14?/m1/s1. The van der Waals surface area contributed by atoms with Gasteiger partial charge in [-0.25, -0.2) is 9.67 Å². The van der Waals surface area contributed by atoms with E-state index >= 15 is 0 Å². The highest BCUT2D eigenvalue weighted by Crippen LogP contribution is 2.32. The first-order valence-corrected chi connectivity index (χ1v) is 8.34. The number of fused-ring (bicyclic) bond motifs is 1. The lowest BCUT2D eigenvalue weighted by molar-refractivity contribution is -0.0511. The maximum absolute atomic E-state index is 11.7. The Balaban J connectivity index is 1.77. The number of nitrogens with zero attached hydrogens (tertiary/aromatic N) is 6. The van der Waals surface area contributed by atoms with Gasteiger partial charge < -0.3 is 31.1 Å². The number of hydrogen-bond acceptors (Lipinski definition) is 10. The van der Waals surface area contributed by atoms with E-state index in [0.29, 0.717) is 5.56 Å². The largest absolute Gasteiger partial charge is 0.394 e. The minimum absolute atomic E-state index is 0.0579. The van der Waals surface area contributed by atoms with Crippen LogP contribution in [0.4, 0.5) is 5.82 Å². The Morgan fingerprint density at radius 1 is 1.36 bits per heavy atom. The SMILES string of the molecule is CNC(=O)c1cnn(-c2nc(N)c3ncn(C4O[C@H](CO)[C@@H](O)[C@H]4O)c3n2)c1. The average molecular weight is 390 g/mol. The molecule has 1 amide bonds. The highest BCUT2D eigenvalue weighted by atomic mass is 16.6. The first-order chi connectivity index (χ1) is 13.4. The molecule has 0 aromatic carbocycles. The minimum Gasteiger partial charge on any atom is -0.394 e. The van der Waals surface area contributed by atoms with Gasteiger partial charge in [0, 0.05) is 13.2 Å². The molecule has 3 aromatic heterocycles. The molecular formula is C15H18N8O5. The number of nitrogens with one attached hydrogen (secondary N) is 1. The first kappa shape index (κ1) is 18.2. The Bertz CT molecular complexity index is 1030. The highest BCUT2D eigenvalue weighted by molar-refractivity contribution is 5.93. The molecule has 1 aliphatic heterocycles. The molecule has 1 saturated heterocycles. The second-order valence-corrected chi connectivity index (χ2v) is 6.21. The number of rotatable bonds is 4. The lowest BCUT2D eigenvalue weighted by atomic mass is 10.1. The molecule has 0 bridgehead atoms. The van der Waals surface area contributed by atoms with Crippen molar-refractivity contribution in [2.45, 2.75) is 24.5 Å². The number of ether oxygens (including phenoxy) is 1. The van der Waals surface area contributed by atoms with Gasteiger partial charge in [0.25, 0.3) is 11.9 Å². The van der Waals surface area contributed by atoms with Gasteiger partial charge in [-0.1, -0.05) is 0 Å². The van der Waals surface area contributed by atoms with E-state index in [4.69, 9.17) is 10.5 Å². The lowest BCUT2D eigenvalue weighted by Crippen LogP contribution is -2.33. The molecular weight excluding hydrogens is 372 g/mol. The lowest BCUT2D eigenvalue weighted by Gasteiger charge is -2.16. The molecule has 13 heteroatoms. The van der Waals surface area contributed by atoms with Crippen LogP contribution >= 0.6 is 0 Å². The average Bonchev–Trinajstić information content (AvgIpc) is 3.40. The Kier molecular flexibility index (Phi) is 4.43. The number of aliphatic hydroxyl groups excluding tert-OH is 3. The number of imidazole rings is 1. The Morgan fingerprint density at radius 3 is 2.82 bits per heavy atom. The second kappa shape index (κ2) is 6.79. The number of nitrogen functional groups attached to an aromatic ring is 1. The summed E-state index contributed by atoms with van der Waals surface area (Å²) in [6, 6.07) is 0. The maximum atomic E-state index is 11.7. The number of aromatic nitrogens is 6. The van der Waals surface area contributed by atoms with Crippen molar-refractivity contribution in [3.8, 4) is 5.95 Å². The molecule has 1 fully saturated rings. The molecule has 4 heterocycles. The van der Waals surface area contributed by atoms with Gasteiger partial charge in [0.15, 0.2) is 17.7 Å². The zero-order valence-corrected chi connectivity index (χ0v) is 14.7. The predicted octanol–water partition coefficient (Wildman–Crippen LogP) is -2.43. The van der Waals surface area contributed by atoms with E-state index in [1.165, 1.54) is 35.0 Å². The van der Waals surface area contributed by atoms with Crippen molar-refractivity contribution in [2.75, 3.05) is 19.4 Å². The van der Waals surface area contributed by atoms with Crippen LogP contribution in [0.1, 0.15) is 16.6 Å². The molecule has 4 atom stereocenters. The number of carbonyl (C=O) groups excluding carboxylic acids is 1. The summed E-state index contributed by atoms with van der Waals surface area (Å²) in [5, 5.41) is 36.1. The van der Waals surface area contributed by atoms with E-state index in [9.17, 15) is 20.1 Å². The third-order valence-corrected chi connectivity index (χ3v) is 4.50. The summed E-state index contributed by atoms with van der Waals surface area (Å²) in [4.78, 5) is 24.4. The van der Waals surface area contributed by atoms with Gasteiger partial charge >= 0.3 is 0 Å². The van der Waals surface area contributed by atoms with Crippen molar-refractivity contribution in [2.24, 2.45) is 0 Å². The Labute approximate surface area is 157 Å². The Morgan fingerprint density at radius 2 is 2.14 bits per heavy atom. The van der Waals surface area contributed by atoms with Gasteiger partial charge in [-0.3, -0.25) is 9.36 Å². The second-order valence-electron chi connectivity index (χ2n) is 6.21. The fourth-order valence-corrected chi connectivity index (χ4v) is 3.02. The normalized spacial score (nSPS) is 24.7. The van der Waals surface area contributed by atoms with E-state index in [1.807, 2.05) is 0 Å². The Hall–Kier alpha value is -3.13. The summed E-state index contributed by atoms with van der Waals surface area (Å²) in [6.07, 6.45) is -0.418. The van der Waals surface area contributed by atoms with Crippen LogP contribution in [0.5, 0.6) is 0 Å². The van der Waals surface area contributed by atoms with Gasteiger partial charge in [-0.05, 0) is 0 Å². The van der Waals surface area contributed by atoms with Crippen LogP contribution < -0.4 is 11.1 Å². The van der Waals surface area contributed by atoms with Crippen molar-refractivity contribution >= 4 is 22.9 Å². The van der Waals surface area contributed by atoms with Crippen molar-refractivity contribution in [3.63, 3.8) is 0 Å². The summed E-state index contributed by atoms with van der Waals surface area (Å²) in [5.74, 6) is -0.187. The van der Waals surface area contributed by atoms with Crippen LogP contribution in [0.15, 0.2) is 18.7 Å². The maximum Gasteiger partial charge on any atom is 0.254 e. The van der Waals surface area contributed by atoms with Crippen LogP contribution in [-0.2, 0) is 4.74 Å².